The van der Waals surface area contributed by atoms with Crippen LogP contribution in [0.3, 0.4) is 0 Å². The van der Waals surface area contributed by atoms with Crippen LogP contribution in [0.25, 0.3) is 0 Å². The number of aryl methyl sites for hydroxylation is 1. The minimum absolute atomic E-state index is 0.0152. The summed E-state index contributed by atoms with van der Waals surface area (Å²) in [6.45, 7) is 5.69. The van der Waals surface area contributed by atoms with Gasteiger partial charge in [-0.15, -0.1) is 6.58 Å². The van der Waals surface area contributed by atoms with Crippen molar-refractivity contribution in [2.75, 3.05) is 29.9 Å². The lowest BCUT2D eigenvalue weighted by Gasteiger charge is -2.27. The topological polar surface area (TPSA) is 110 Å². The minimum atomic E-state index is -4.06. The van der Waals surface area contributed by atoms with Crippen molar-refractivity contribution < 1.29 is 26.4 Å². The van der Waals surface area contributed by atoms with Crippen LogP contribution in [0.4, 0.5) is 5.69 Å². The molecule has 2 aromatic rings. The van der Waals surface area contributed by atoms with Crippen LogP contribution in [0.5, 0.6) is 5.75 Å². The molecule has 1 amide bonds. The average Bonchev–Trinajstić information content (AvgIpc) is 3.11. The van der Waals surface area contributed by atoms with Crippen molar-refractivity contribution >= 4 is 31.5 Å². The number of sulfonamides is 1. The van der Waals surface area contributed by atoms with E-state index in [9.17, 15) is 21.6 Å². The lowest BCUT2D eigenvalue weighted by atomic mass is 10.1. The zero-order chi connectivity index (χ0) is 23.5. The molecular weight excluding hydrogens is 452 g/mol. The number of ether oxygens (including phenoxy) is 1. The fraction of sp³-hybridized carbons (Fsp3) is 0.318. The second kappa shape index (κ2) is 9.33. The summed E-state index contributed by atoms with van der Waals surface area (Å²) >= 11 is 0. The zero-order valence-corrected chi connectivity index (χ0v) is 19.6. The first-order valence-electron chi connectivity index (χ1n) is 9.96. The van der Waals surface area contributed by atoms with Gasteiger partial charge in [-0.2, -0.15) is 0 Å². The van der Waals surface area contributed by atoms with Gasteiger partial charge in [0.25, 0.3) is 15.9 Å². The van der Waals surface area contributed by atoms with E-state index in [0.29, 0.717) is 12.1 Å². The fourth-order valence-corrected chi connectivity index (χ4v) is 6.56. The standard InChI is InChI=1S/C22H26N2O6S2/c1-4-12-24(19-11-13-31(26,27)15-19)22(25)17-7-10-20(30-3)21(14-17)32(28,29)23-18-8-5-16(2)6-9-18/h4-10,14,19,23H,1,11-13,15H2,2-3H3. The first-order valence-corrected chi connectivity index (χ1v) is 13.3. The highest BCUT2D eigenvalue weighted by molar-refractivity contribution is 7.92. The largest absolute Gasteiger partial charge is 0.495 e. The summed E-state index contributed by atoms with van der Waals surface area (Å²) in [6.07, 6.45) is 1.85. The number of carbonyl (C=O) groups is 1. The Bertz CT molecular complexity index is 1220. The van der Waals surface area contributed by atoms with Gasteiger partial charge in [0.1, 0.15) is 10.6 Å². The van der Waals surface area contributed by atoms with Gasteiger partial charge in [-0.3, -0.25) is 9.52 Å². The highest BCUT2D eigenvalue weighted by Crippen LogP contribution is 2.29. The molecule has 0 aromatic heterocycles. The van der Waals surface area contributed by atoms with Gasteiger partial charge in [-0.05, 0) is 43.7 Å². The number of methoxy groups -OCH3 is 1. The van der Waals surface area contributed by atoms with Crippen LogP contribution in [-0.4, -0.2) is 58.8 Å². The molecular formula is C22H26N2O6S2. The first-order chi connectivity index (χ1) is 15.1. The van der Waals surface area contributed by atoms with Gasteiger partial charge in [0.05, 0.1) is 18.6 Å². The number of sulfone groups is 1. The number of carbonyl (C=O) groups excluding carboxylic acids is 1. The molecule has 10 heteroatoms. The molecule has 1 aliphatic rings. The second-order valence-electron chi connectivity index (χ2n) is 7.64. The molecule has 1 unspecified atom stereocenters. The van der Waals surface area contributed by atoms with Crippen LogP contribution >= 0.6 is 0 Å². The Balaban J connectivity index is 1.96. The number of hydrogen-bond acceptors (Lipinski definition) is 6. The van der Waals surface area contributed by atoms with Crippen LogP contribution in [0.2, 0.25) is 0 Å². The van der Waals surface area contributed by atoms with E-state index in [0.717, 1.165) is 5.56 Å². The van der Waals surface area contributed by atoms with Crippen LogP contribution < -0.4 is 9.46 Å². The third kappa shape index (κ3) is 5.31. The molecule has 0 aliphatic carbocycles. The summed E-state index contributed by atoms with van der Waals surface area (Å²) in [5, 5.41) is 0. The van der Waals surface area contributed by atoms with Crippen molar-refractivity contribution in [1.82, 2.24) is 4.90 Å². The van der Waals surface area contributed by atoms with Gasteiger partial charge in [-0.1, -0.05) is 23.8 Å². The van der Waals surface area contributed by atoms with E-state index in [-0.39, 0.29) is 34.3 Å². The smallest absolute Gasteiger partial charge is 0.265 e. The van der Waals surface area contributed by atoms with Gasteiger partial charge in [0.2, 0.25) is 0 Å². The van der Waals surface area contributed by atoms with Crippen LogP contribution in [0.1, 0.15) is 22.3 Å². The van der Waals surface area contributed by atoms with Gasteiger partial charge in [0.15, 0.2) is 9.84 Å². The first kappa shape index (κ1) is 23.8. The molecule has 0 bridgehead atoms. The van der Waals surface area contributed by atoms with Gasteiger partial charge < -0.3 is 9.64 Å². The molecule has 1 atom stereocenters. The zero-order valence-electron chi connectivity index (χ0n) is 17.9. The van der Waals surface area contributed by atoms with Gasteiger partial charge >= 0.3 is 0 Å². The summed E-state index contributed by atoms with van der Waals surface area (Å²) in [5.74, 6) is -0.495. The molecule has 3 rings (SSSR count). The van der Waals surface area contributed by atoms with E-state index in [2.05, 4.69) is 11.3 Å². The third-order valence-electron chi connectivity index (χ3n) is 5.24. The Morgan fingerprint density at radius 3 is 2.50 bits per heavy atom. The minimum Gasteiger partial charge on any atom is -0.495 e. The number of nitrogens with one attached hydrogen (secondary N) is 1. The number of nitrogens with zero attached hydrogens (tertiary/aromatic N) is 1. The highest BCUT2D eigenvalue weighted by Gasteiger charge is 2.35. The molecule has 1 aliphatic heterocycles. The quantitative estimate of drug-likeness (QED) is 0.584. The van der Waals surface area contributed by atoms with E-state index >= 15 is 0 Å². The van der Waals surface area contributed by atoms with Gasteiger partial charge in [0, 0.05) is 23.8 Å². The molecule has 1 N–H and O–H groups in total. The summed E-state index contributed by atoms with van der Waals surface area (Å²) in [6, 6.07) is 10.5. The third-order valence-corrected chi connectivity index (χ3v) is 8.39. The van der Waals surface area contributed by atoms with Crippen LogP contribution in [0, 0.1) is 6.92 Å². The molecule has 0 radical (unpaired) electrons. The molecule has 8 nitrogen and oxygen atoms in total. The van der Waals surface area contributed by atoms with E-state index in [1.165, 1.54) is 36.3 Å². The number of amides is 1. The molecule has 2 aromatic carbocycles. The van der Waals surface area contributed by atoms with Crippen molar-refractivity contribution in [3.8, 4) is 5.75 Å². The molecule has 1 fully saturated rings. The van der Waals surface area contributed by atoms with E-state index < -0.39 is 31.8 Å². The van der Waals surface area contributed by atoms with E-state index in [1.807, 2.05) is 6.92 Å². The molecule has 0 spiro atoms. The van der Waals surface area contributed by atoms with E-state index in [1.54, 1.807) is 24.3 Å². The van der Waals surface area contributed by atoms with Crippen molar-refractivity contribution in [1.29, 1.82) is 0 Å². The van der Waals surface area contributed by atoms with Crippen molar-refractivity contribution in [2.45, 2.75) is 24.3 Å². The maximum atomic E-state index is 13.2. The maximum Gasteiger partial charge on any atom is 0.265 e. The molecule has 32 heavy (non-hydrogen) atoms. The van der Waals surface area contributed by atoms with Crippen molar-refractivity contribution in [3.63, 3.8) is 0 Å². The van der Waals surface area contributed by atoms with Crippen LogP contribution in [0.15, 0.2) is 60.0 Å². The normalized spacial score (nSPS) is 17.5. The highest BCUT2D eigenvalue weighted by atomic mass is 32.2. The second-order valence-corrected chi connectivity index (χ2v) is 11.5. The number of benzene rings is 2. The van der Waals surface area contributed by atoms with Crippen molar-refractivity contribution in [2.24, 2.45) is 0 Å². The van der Waals surface area contributed by atoms with Crippen LogP contribution in [-0.2, 0) is 19.9 Å². The fourth-order valence-electron chi connectivity index (χ4n) is 3.58. The SMILES string of the molecule is C=CCN(C(=O)c1ccc(OC)c(S(=O)(=O)Nc2ccc(C)cc2)c1)C1CCS(=O)(=O)C1. The Hall–Kier alpha value is -2.85. The Morgan fingerprint density at radius 2 is 1.94 bits per heavy atom. The molecule has 1 heterocycles. The van der Waals surface area contributed by atoms with E-state index in [4.69, 9.17) is 4.74 Å². The lowest BCUT2D eigenvalue weighted by Crippen LogP contribution is -2.41. The number of rotatable bonds is 8. The summed E-state index contributed by atoms with van der Waals surface area (Å²) in [5.41, 5.74) is 1.47. The summed E-state index contributed by atoms with van der Waals surface area (Å²) < 4.78 is 57.7. The number of anilines is 1. The molecule has 172 valence electrons. The van der Waals surface area contributed by atoms with Gasteiger partial charge in [-0.25, -0.2) is 16.8 Å². The molecule has 0 saturated carbocycles. The number of hydrogen-bond donors (Lipinski definition) is 1. The summed E-state index contributed by atoms with van der Waals surface area (Å²) in [4.78, 5) is 14.5. The predicted octanol–water partition coefficient (Wildman–Crippen LogP) is 2.62. The monoisotopic (exact) mass is 478 g/mol. The Kier molecular flexibility index (Phi) is 6.94. The lowest BCUT2D eigenvalue weighted by molar-refractivity contribution is 0.0720. The maximum absolute atomic E-state index is 13.2. The Morgan fingerprint density at radius 1 is 1.25 bits per heavy atom. The average molecular weight is 479 g/mol. The predicted molar refractivity (Wildman–Crippen MR) is 123 cm³/mol. The Labute approximate surface area is 188 Å². The summed E-state index contributed by atoms with van der Waals surface area (Å²) in [7, 11) is -5.93. The molecule has 1 saturated heterocycles. The van der Waals surface area contributed by atoms with Crippen molar-refractivity contribution in [3.05, 3.63) is 66.2 Å².